The van der Waals surface area contributed by atoms with Crippen LogP contribution in [0.25, 0.3) is 22.2 Å². The number of fused-ring (bicyclic) bond motifs is 1. The molecule has 3 rings (SSSR count). The maximum atomic E-state index is 11.5. The number of nitrogens with one attached hydrogen (secondary N) is 3. The molecule has 5 N–H and O–H groups in total. The third-order valence-corrected chi connectivity index (χ3v) is 3.39. The number of hydrogen-bond acceptors (Lipinski definition) is 7. The van der Waals surface area contributed by atoms with E-state index in [0.717, 1.165) is 22.2 Å². The molecule has 0 unspecified atom stereocenters. The number of benzene rings is 1. The van der Waals surface area contributed by atoms with Crippen LogP contribution >= 0.6 is 0 Å². The molecule has 2 aromatic heterocycles. The van der Waals surface area contributed by atoms with E-state index in [2.05, 4.69) is 30.6 Å². The zero-order valence-corrected chi connectivity index (χ0v) is 13.7. The van der Waals surface area contributed by atoms with Crippen molar-refractivity contribution in [2.45, 2.75) is 6.92 Å². The molecule has 0 aliphatic carbocycles. The lowest BCUT2D eigenvalue weighted by molar-refractivity contribution is 0.167. The lowest BCUT2D eigenvalue weighted by Crippen LogP contribution is -2.14. The fourth-order valence-corrected chi connectivity index (χ4v) is 2.26. The lowest BCUT2D eigenvalue weighted by atomic mass is 10.1. The van der Waals surface area contributed by atoms with Gasteiger partial charge in [-0.05, 0) is 24.6 Å². The predicted octanol–water partition coefficient (Wildman–Crippen LogP) is 1.96. The van der Waals surface area contributed by atoms with Gasteiger partial charge in [0.2, 0.25) is 11.9 Å². The molecule has 9 heteroatoms. The first-order valence-corrected chi connectivity index (χ1v) is 7.89. The number of nitrogens with two attached hydrogens (primary N) is 1. The monoisotopic (exact) mass is 341 g/mol. The molecule has 0 aliphatic heterocycles. The van der Waals surface area contributed by atoms with Gasteiger partial charge in [-0.1, -0.05) is 6.07 Å². The summed E-state index contributed by atoms with van der Waals surface area (Å²) in [7, 11) is 0. The summed E-state index contributed by atoms with van der Waals surface area (Å²) in [5.41, 5.74) is 8.76. The van der Waals surface area contributed by atoms with E-state index in [1.165, 1.54) is 0 Å². The number of carbonyl (C=O) groups is 1. The number of rotatable bonds is 6. The Kier molecular flexibility index (Phi) is 5.05. The van der Waals surface area contributed by atoms with Crippen LogP contribution in [0.1, 0.15) is 6.92 Å². The smallest absolute Gasteiger partial charge is 0.413 e. The van der Waals surface area contributed by atoms with E-state index >= 15 is 0 Å². The SMILES string of the molecule is CCOC(=O)Nc1nc2ccc(-c3cnc(NCCN)nc3)cc2[nH]1. The van der Waals surface area contributed by atoms with Crippen molar-refractivity contribution in [2.75, 3.05) is 30.3 Å². The maximum absolute atomic E-state index is 11.5. The van der Waals surface area contributed by atoms with Crippen LogP contribution in [-0.4, -0.2) is 45.7 Å². The molecule has 0 atom stereocenters. The van der Waals surface area contributed by atoms with Crippen molar-refractivity contribution in [1.82, 2.24) is 19.9 Å². The second kappa shape index (κ2) is 7.58. The van der Waals surface area contributed by atoms with E-state index in [1.54, 1.807) is 19.3 Å². The molecule has 0 aliphatic rings. The van der Waals surface area contributed by atoms with Crippen LogP contribution in [0, 0.1) is 0 Å². The molecular weight excluding hydrogens is 322 g/mol. The van der Waals surface area contributed by atoms with Gasteiger partial charge in [-0.15, -0.1) is 0 Å². The summed E-state index contributed by atoms with van der Waals surface area (Å²) in [5, 5.41) is 5.57. The Balaban J connectivity index is 1.79. The topological polar surface area (TPSA) is 131 Å². The normalized spacial score (nSPS) is 10.6. The summed E-state index contributed by atoms with van der Waals surface area (Å²) in [6.07, 6.45) is 2.93. The molecule has 25 heavy (non-hydrogen) atoms. The number of amides is 1. The number of carbonyl (C=O) groups excluding carboxylic acids is 1. The number of imidazole rings is 1. The first-order valence-electron chi connectivity index (χ1n) is 7.89. The lowest BCUT2D eigenvalue weighted by Gasteiger charge is -2.04. The number of nitrogens with zero attached hydrogens (tertiary/aromatic N) is 3. The highest BCUT2D eigenvalue weighted by Crippen LogP contribution is 2.23. The number of H-pyrrole nitrogens is 1. The largest absolute Gasteiger partial charge is 0.450 e. The van der Waals surface area contributed by atoms with Crippen molar-refractivity contribution in [1.29, 1.82) is 0 Å². The van der Waals surface area contributed by atoms with Crippen LogP contribution in [0.4, 0.5) is 16.7 Å². The van der Waals surface area contributed by atoms with E-state index in [1.807, 2.05) is 18.2 Å². The molecule has 9 nitrogen and oxygen atoms in total. The molecule has 0 spiro atoms. The van der Waals surface area contributed by atoms with Crippen LogP contribution in [0.15, 0.2) is 30.6 Å². The molecule has 1 amide bonds. The van der Waals surface area contributed by atoms with E-state index in [9.17, 15) is 4.79 Å². The Labute approximate surface area is 144 Å². The highest BCUT2D eigenvalue weighted by atomic mass is 16.5. The fraction of sp³-hybridized carbons (Fsp3) is 0.250. The highest BCUT2D eigenvalue weighted by molar-refractivity contribution is 5.88. The van der Waals surface area contributed by atoms with Crippen LogP contribution in [-0.2, 0) is 4.74 Å². The summed E-state index contributed by atoms with van der Waals surface area (Å²) < 4.78 is 4.83. The van der Waals surface area contributed by atoms with Crippen LogP contribution in [0.3, 0.4) is 0 Å². The fourth-order valence-electron chi connectivity index (χ4n) is 2.26. The van der Waals surface area contributed by atoms with Gasteiger partial charge in [0.25, 0.3) is 0 Å². The predicted molar refractivity (Wildman–Crippen MR) is 95.3 cm³/mol. The number of hydrogen-bond donors (Lipinski definition) is 4. The number of anilines is 2. The van der Waals surface area contributed by atoms with Gasteiger partial charge in [0.15, 0.2) is 0 Å². The molecule has 0 bridgehead atoms. The van der Waals surface area contributed by atoms with Crippen molar-refractivity contribution in [3.8, 4) is 11.1 Å². The minimum atomic E-state index is -0.546. The van der Waals surface area contributed by atoms with Crippen molar-refractivity contribution in [2.24, 2.45) is 5.73 Å². The van der Waals surface area contributed by atoms with Gasteiger partial charge in [-0.2, -0.15) is 0 Å². The number of aromatic amines is 1. The summed E-state index contributed by atoms with van der Waals surface area (Å²) in [4.78, 5) is 27.3. The van der Waals surface area contributed by atoms with Gasteiger partial charge >= 0.3 is 6.09 Å². The second-order valence-electron chi connectivity index (χ2n) is 5.17. The Morgan fingerprint density at radius 1 is 1.28 bits per heavy atom. The van der Waals surface area contributed by atoms with E-state index in [4.69, 9.17) is 10.5 Å². The third-order valence-electron chi connectivity index (χ3n) is 3.39. The quantitative estimate of drug-likeness (QED) is 0.539. The molecular formula is C16H19N7O2. The minimum Gasteiger partial charge on any atom is -0.450 e. The highest BCUT2D eigenvalue weighted by Gasteiger charge is 2.09. The Hall–Kier alpha value is -3.20. The Bertz CT molecular complexity index is 861. The number of ether oxygens (including phenoxy) is 1. The van der Waals surface area contributed by atoms with Crippen LogP contribution < -0.4 is 16.4 Å². The Morgan fingerprint density at radius 2 is 2.08 bits per heavy atom. The van der Waals surface area contributed by atoms with Crippen molar-refractivity contribution < 1.29 is 9.53 Å². The standard InChI is InChI=1S/C16H19N7O2/c1-2-25-16(24)23-15-21-12-4-3-10(7-13(12)22-15)11-8-19-14(20-9-11)18-6-5-17/h3-4,7-9H,2,5-6,17H2,1H3,(H,18,19,20)(H2,21,22,23,24). The van der Waals surface area contributed by atoms with E-state index in [0.29, 0.717) is 31.6 Å². The molecule has 3 aromatic rings. The van der Waals surface area contributed by atoms with Crippen LogP contribution in [0.5, 0.6) is 0 Å². The van der Waals surface area contributed by atoms with Gasteiger partial charge in [0, 0.05) is 31.0 Å². The van der Waals surface area contributed by atoms with Crippen molar-refractivity contribution >= 4 is 29.0 Å². The minimum absolute atomic E-state index is 0.298. The van der Waals surface area contributed by atoms with Crippen molar-refractivity contribution in [3.05, 3.63) is 30.6 Å². The average molecular weight is 341 g/mol. The number of aromatic nitrogens is 4. The van der Waals surface area contributed by atoms with E-state index in [-0.39, 0.29) is 0 Å². The average Bonchev–Trinajstić information content (AvgIpc) is 3.01. The third kappa shape index (κ3) is 4.01. The second-order valence-corrected chi connectivity index (χ2v) is 5.17. The zero-order valence-electron chi connectivity index (χ0n) is 13.7. The summed E-state index contributed by atoms with van der Waals surface area (Å²) >= 11 is 0. The van der Waals surface area contributed by atoms with Crippen molar-refractivity contribution in [3.63, 3.8) is 0 Å². The van der Waals surface area contributed by atoms with Gasteiger partial charge < -0.3 is 20.8 Å². The summed E-state index contributed by atoms with van der Waals surface area (Å²) in [6, 6.07) is 5.70. The molecule has 130 valence electrons. The first-order chi connectivity index (χ1) is 12.2. The zero-order chi connectivity index (χ0) is 17.6. The first kappa shape index (κ1) is 16.7. The molecule has 1 aromatic carbocycles. The summed E-state index contributed by atoms with van der Waals surface area (Å²) in [6.45, 7) is 3.18. The maximum Gasteiger partial charge on any atom is 0.413 e. The van der Waals surface area contributed by atoms with Gasteiger partial charge in [0.05, 0.1) is 17.6 Å². The molecule has 0 fully saturated rings. The molecule has 0 radical (unpaired) electrons. The van der Waals surface area contributed by atoms with Gasteiger partial charge in [-0.25, -0.2) is 19.7 Å². The molecule has 2 heterocycles. The van der Waals surface area contributed by atoms with Crippen LogP contribution in [0.2, 0.25) is 0 Å². The van der Waals surface area contributed by atoms with Gasteiger partial charge in [-0.3, -0.25) is 5.32 Å². The molecule has 0 saturated heterocycles. The van der Waals surface area contributed by atoms with Gasteiger partial charge in [0.1, 0.15) is 0 Å². The summed E-state index contributed by atoms with van der Waals surface area (Å²) in [5.74, 6) is 0.876. The van der Waals surface area contributed by atoms with E-state index < -0.39 is 6.09 Å². The molecule has 0 saturated carbocycles. The Morgan fingerprint density at radius 3 is 2.80 bits per heavy atom.